The van der Waals surface area contributed by atoms with Crippen LogP contribution in [0.1, 0.15) is 6.42 Å². The van der Waals surface area contributed by atoms with Crippen LogP contribution in [0.15, 0.2) is 59.3 Å². The quantitative estimate of drug-likeness (QED) is 0.473. The van der Waals surface area contributed by atoms with Crippen LogP contribution in [0.4, 0.5) is 10.8 Å². The third-order valence-electron chi connectivity index (χ3n) is 5.37. The number of aliphatic imine (C=N–C) groups is 1. The number of aliphatic hydroxyl groups is 2. The lowest BCUT2D eigenvalue weighted by molar-refractivity contribution is -0.124. The summed E-state index contributed by atoms with van der Waals surface area (Å²) in [5.41, 5.74) is 1.77. The first kappa shape index (κ1) is 20.2. The Balaban J connectivity index is 1.30. The molecule has 3 aromatic rings. The molecule has 9 nitrogen and oxygen atoms in total. The van der Waals surface area contributed by atoms with E-state index in [0.29, 0.717) is 10.3 Å². The summed E-state index contributed by atoms with van der Waals surface area (Å²) in [4.78, 5) is 21.5. The molecule has 1 aliphatic carbocycles. The molecule has 0 bridgehead atoms. The van der Waals surface area contributed by atoms with Gasteiger partial charge in [-0.2, -0.15) is 5.10 Å². The van der Waals surface area contributed by atoms with Gasteiger partial charge in [0.2, 0.25) is 5.91 Å². The number of nitrogens with zero attached hydrogens (tertiary/aromatic N) is 4. The van der Waals surface area contributed by atoms with Crippen LogP contribution in [0.5, 0.6) is 0 Å². The van der Waals surface area contributed by atoms with Gasteiger partial charge < -0.3 is 20.8 Å². The Morgan fingerprint density at radius 1 is 1.19 bits per heavy atom. The number of fused-ring (bicyclic) bond motifs is 1. The van der Waals surface area contributed by atoms with E-state index >= 15 is 0 Å². The summed E-state index contributed by atoms with van der Waals surface area (Å²) in [7, 11) is 0. The minimum absolute atomic E-state index is 0.175. The number of hydrogen-bond donors (Lipinski definition) is 4. The molecule has 1 aliphatic heterocycles. The maximum Gasteiger partial charge on any atom is 0.230 e. The topological polar surface area (TPSA) is 125 Å². The van der Waals surface area contributed by atoms with Gasteiger partial charge in [-0.25, -0.2) is 9.67 Å². The highest BCUT2D eigenvalue weighted by molar-refractivity contribution is 8.15. The molecule has 1 aromatic carbocycles. The molecule has 2 aromatic heterocycles. The number of anilines is 2. The van der Waals surface area contributed by atoms with Gasteiger partial charge in [0.15, 0.2) is 10.3 Å². The Morgan fingerprint density at radius 2 is 2.03 bits per heavy atom. The highest BCUT2D eigenvalue weighted by atomic mass is 32.2. The van der Waals surface area contributed by atoms with Crippen molar-refractivity contribution in [2.24, 2.45) is 10.9 Å². The van der Waals surface area contributed by atoms with Gasteiger partial charge in [-0.1, -0.05) is 11.8 Å². The van der Waals surface area contributed by atoms with Gasteiger partial charge in [-0.15, -0.1) is 11.3 Å². The number of rotatable bonds is 4. The van der Waals surface area contributed by atoms with Crippen molar-refractivity contribution in [3.8, 4) is 5.69 Å². The summed E-state index contributed by atoms with van der Waals surface area (Å²) in [5, 5.41) is 33.7. The number of thioether (sulfide) groups is 1. The molecular weight excluding hydrogens is 436 g/mol. The van der Waals surface area contributed by atoms with E-state index in [1.807, 2.05) is 36.5 Å². The average Bonchev–Trinajstić information content (AvgIpc) is 3.53. The SMILES string of the molecule is O=C(Nc1nccs1)[C@H]1C[C@@H](O)[C@H](O)[C@H]2N=C(Nc3ccc(-n4cccn4)cc3)S[C@@H]21. The minimum atomic E-state index is -1.01. The lowest BCUT2D eigenvalue weighted by Gasteiger charge is -2.37. The predicted octanol–water partition coefficient (Wildman–Crippen LogP) is 1.96. The van der Waals surface area contributed by atoms with Crippen molar-refractivity contribution < 1.29 is 15.0 Å². The lowest BCUT2D eigenvalue weighted by atomic mass is 9.81. The molecule has 0 unspecified atom stereocenters. The molecule has 31 heavy (non-hydrogen) atoms. The zero-order valence-corrected chi connectivity index (χ0v) is 17.8. The number of carbonyl (C=O) groups excluding carboxylic acids is 1. The first-order chi connectivity index (χ1) is 15.1. The first-order valence-corrected chi connectivity index (χ1v) is 11.5. The normalized spacial score (nSPS) is 27.4. The van der Waals surface area contributed by atoms with Crippen molar-refractivity contribution in [1.29, 1.82) is 0 Å². The van der Waals surface area contributed by atoms with Crippen molar-refractivity contribution in [2.75, 3.05) is 10.6 Å². The molecule has 0 radical (unpaired) electrons. The van der Waals surface area contributed by atoms with Crippen LogP contribution < -0.4 is 10.6 Å². The number of amidine groups is 1. The Bertz CT molecular complexity index is 1070. The molecule has 1 fully saturated rings. The number of hydrogen-bond acceptors (Lipinski definition) is 9. The van der Waals surface area contributed by atoms with Crippen molar-refractivity contribution in [3.63, 3.8) is 0 Å². The van der Waals surface area contributed by atoms with Crippen LogP contribution >= 0.6 is 23.1 Å². The molecule has 160 valence electrons. The summed E-state index contributed by atoms with van der Waals surface area (Å²) >= 11 is 2.75. The highest BCUT2D eigenvalue weighted by Crippen LogP contribution is 2.42. The summed E-state index contributed by atoms with van der Waals surface area (Å²) in [6.07, 6.45) is 3.36. The maximum atomic E-state index is 12.8. The van der Waals surface area contributed by atoms with Crippen LogP contribution in [0.25, 0.3) is 5.69 Å². The van der Waals surface area contributed by atoms with E-state index in [0.717, 1.165) is 11.4 Å². The molecule has 1 saturated carbocycles. The van der Waals surface area contributed by atoms with Gasteiger partial charge >= 0.3 is 0 Å². The highest BCUT2D eigenvalue weighted by Gasteiger charge is 2.50. The van der Waals surface area contributed by atoms with Crippen LogP contribution in [0.3, 0.4) is 0 Å². The number of benzene rings is 1. The lowest BCUT2D eigenvalue weighted by Crippen LogP contribution is -2.52. The fourth-order valence-electron chi connectivity index (χ4n) is 3.83. The van der Waals surface area contributed by atoms with Crippen molar-refractivity contribution in [3.05, 3.63) is 54.3 Å². The molecule has 0 saturated heterocycles. The van der Waals surface area contributed by atoms with Crippen LogP contribution in [0, 0.1) is 5.92 Å². The van der Waals surface area contributed by atoms with Crippen LogP contribution in [0.2, 0.25) is 0 Å². The summed E-state index contributed by atoms with van der Waals surface area (Å²) < 4.78 is 1.77. The van der Waals surface area contributed by atoms with Gasteiger partial charge in [0.25, 0.3) is 0 Å². The molecule has 3 heterocycles. The number of aromatic nitrogens is 3. The zero-order chi connectivity index (χ0) is 21.4. The Kier molecular flexibility index (Phi) is 5.48. The van der Waals surface area contributed by atoms with Crippen molar-refractivity contribution in [2.45, 2.75) is 29.9 Å². The van der Waals surface area contributed by atoms with E-state index in [2.05, 4.69) is 25.7 Å². The van der Waals surface area contributed by atoms with Gasteiger partial charge in [0.1, 0.15) is 6.10 Å². The molecule has 11 heteroatoms. The maximum absolute atomic E-state index is 12.8. The van der Waals surface area contributed by atoms with Gasteiger partial charge in [-0.05, 0) is 36.8 Å². The zero-order valence-electron chi connectivity index (χ0n) is 16.2. The predicted molar refractivity (Wildman–Crippen MR) is 121 cm³/mol. The molecular formula is C20H20N6O3S2. The second kappa shape index (κ2) is 8.42. The number of thiazole rings is 1. The monoisotopic (exact) mass is 456 g/mol. The number of nitrogens with one attached hydrogen (secondary N) is 2. The smallest absolute Gasteiger partial charge is 0.230 e. The summed E-state index contributed by atoms with van der Waals surface area (Å²) in [5.74, 6) is -0.717. The average molecular weight is 457 g/mol. The fourth-order valence-corrected chi connectivity index (χ4v) is 5.74. The molecule has 0 spiro atoms. The van der Waals surface area contributed by atoms with Crippen LogP contribution in [-0.2, 0) is 4.79 Å². The largest absolute Gasteiger partial charge is 0.390 e. The van der Waals surface area contributed by atoms with Gasteiger partial charge in [-0.3, -0.25) is 9.79 Å². The van der Waals surface area contributed by atoms with E-state index in [1.54, 1.807) is 22.5 Å². The van der Waals surface area contributed by atoms with E-state index in [1.165, 1.54) is 23.1 Å². The Morgan fingerprint density at radius 3 is 2.74 bits per heavy atom. The summed E-state index contributed by atoms with van der Waals surface area (Å²) in [6.45, 7) is 0. The second-order valence-electron chi connectivity index (χ2n) is 7.36. The van der Waals surface area contributed by atoms with Crippen molar-refractivity contribution >= 4 is 45.0 Å². The van der Waals surface area contributed by atoms with E-state index < -0.39 is 24.2 Å². The van der Waals surface area contributed by atoms with Crippen LogP contribution in [-0.4, -0.2) is 59.6 Å². The number of carbonyl (C=O) groups is 1. The van der Waals surface area contributed by atoms with E-state index in [-0.39, 0.29) is 17.6 Å². The third-order valence-corrected chi connectivity index (χ3v) is 7.37. The molecule has 5 rings (SSSR count). The van der Waals surface area contributed by atoms with Gasteiger partial charge in [0, 0.05) is 34.9 Å². The first-order valence-electron chi connectivity index (χ1n) is 9.76. The fraction of sp³-hybridized carbons (Fsp3) is 0.300. The minimum Gasteiger partial charge on any atom is -0.390 e. The van der Waals surface area contributed by atoms with Gasteiger partial charge in [0.05, 0.1) is 23.8 Å². The van der Waals surface area contributed by atoms with E-state index in [4.69, 9.17) is 0 Å². The number of amides is 1. The van der Waals surface area contributed by atoms with E-state index in [9.17, 15) is 15.0 Å². The molecule has 5 atom stereocenters. The Labute approximate surface area is 186 Å². The summed E-state index contributed by atoms with van der Waals surface area (Å²) in [6, 6.07) is 9.00. The Hall–Kier alpha value is -2.73. The molecule has 1 amide bonds. The second-order valence-corrected chi connectivity index (χ2v) is 9.42. The number of aliphatic hydroxyl groups excluding tert-OH is 2. The third kappa shape index (κ3) is 4.09. The molecule has 4 N–H and O–H groups in total. The standard InChI is InChI=1S/C20H20N6O3S2/c27-14-10-13(18(29)25-19-21-7-9-30-19)17-15(16(14)28)24-20(31-17)23-11-2-4-12(5-3-11)26-8-1-6-22-26/h1-9,13-17,27-28H,10H2,(H,23,24)(H,21,25,29)/t13-,14+,15+,16-,17+/m0/s1. The van der Waals surface area contributed by atoms with Crippen molar-refractivity contribution in [1.82, 2.24) is 14.8 Å². The molecule has 2 aliphatic rings.